The Labute approximate surface area is 111 Å². The van der Waals surface area contributed by atoms with Gasteiger partial charge in [-0.25, -0.2) is 17.5 Å². The third kappa shape index (κ3) is 4.20. The topological polar surface area (TPSA) is 72.2 Å². The molecular weight excluding hydrogens is 279 g/mol. The van der Waals surface area contributed by atoms with Crippen molar-refractivity contribution in [3.63, 3.8) is 0 Å². The van der Waals surface area contributed by atoms with Gasteiger partial charge in [0.25, 0.3) is 0 Å². The molecule has 0 saturated carbocycles. The van der Waals surface area contributed by atoms with E-state index in [2.05, 4.69) is 4.72 Å². The Kier molecular flexibility index (Phi) is 5.52. The van der Waals surface area contributed by atoms with Crippen LogP contribution in [0.25, 0.3) is 0 Å². The maximum absolute atomic E-state index is 13.0. The van der Waals surface area contributed by atoms with Gasteiger partial charge in [0.1, 0.15) is 10.7 Å². The zero-order valence-corrected chi connectivity index (χ0v) is 11.6. The van der Waals surface area contributed by atoms with Crippen LogP contribution < -0.4 is 10.5 Å². The Hall–Kier alpha value is -0.690. The molecule has 7 heteroatoms. The summed E-state index contributed by atoms with van der Waals surface area (Å²) in [5, 5.41) is -0.0204. The van der Waals surface area contributed by atoms with Crippen molar-refractivity contribution in [2.75, 3.05) is 6.54 Å². The summed E-state index contributed by atoms with van der Waals surface area (Å²) in [6, 6.07) is 2.93. The van der Waals surface area contributed by atoms with Crippen molar-refractivity contribution < 1.29 is 12.8 Å². The van der Waals surface area contributed by atoms with E-state index in [1.165, 1.54) is 6.07 Å². The van der Waals surface area contributed by atoms with E-state index in [0.717, 1.165) is 18.6 Å². The van der Waals surface area contributed by atoms with Crippen LogP contribution in [0.15, 0.2) is 23.1 Å². The molecule has 18 heavy (non-hydrogen) atoms. The third-order valence-corrected chi connectivity index (χ3v) is 4.28. The van der Waals surface area contributed by atoms with E-state index in [1.54, 1.807) is 0 Å². The molecule has 0 aromatic heterocycles. The first-order chi connectivity index (χ1) is 8.36. The molecule has 0 aliphatic heterocycles. The zero-order valence-electron chi connectivity index (χ0n) is 9.99. The van der Waals surface area contributed by atoms with E-state index in [0.29, 0.717) is 6.42 Å². The molecule has 0 saturated heterocycles. The number of sulfonamides is 1. The van der Waals surface area contributed by atoms with E-state index < -0.39 is 15.8 Å². The molecule has 0 unspecified atom stereocenters. The molecular formula is C11H16ClFN2O2S. The molecule has 1 atom stereocenters. The first-order valence-corrected chi connectivity index (χ1v) is 7.43. The second-order valence-corrected chi connectivity index (χ2v) is 6.12. The highest BCUT2D eigenvalue weighted by Crippen LogP contribution is 2.21. The molecule has 1 rings (SSSR count). The van der Waals surface area contributed by atoms with E-state index in [4.69, 9.17) is 17.3 Å². The highest BCUT2D eigenvalue weighted by molar-refractivity contribution is 7.89. The van der Waals surface area contributed by atoms with E-state index in [9.17, 15) is 12.8 Å². The van der Waals surface area contributed by atoms with Gasteiger partial charge in [-0.15, -0.1) is 0 Å². The van der Waals surface area contributed by atoms with Crippen molar-refractivity contribution >= 4 is 21.6 Å². The number of nitrogens with two attached hydrogens (primary N) is 1. The number of nitrogens with one attached hydrogen (secondary N) is 1. The molecule has 0 aliphatic rings. The van der Waals surface area contributed by atoms with Gasteiger partial charge in [0, 0.05) is 12.6 Å². The Morgan fingerprint density at radius 2 is 2.17 bits per heavy atom. The summed E-state index contributed by atoms with van der Waals surface area (Å²) in [4.78, 5) is -0.270. The molecule has 102 valence electrons. The molecule has 0 spiro atoms. The first-order valence-electron chi connectivity index (χ1n) is 5.57. The third-order valence-electron chi connectivity index (χ3n) is 2.38. The quantitative estimate of drug-likeness (QED) is 0.841. The fraction of sp³-hybridized carbons (Fsp3) is 0.455. The summed E-state index contributed by atoms with van der Waals surface area (Å²) in [6.07, 6.45) is 1.57. The first kappa shape index (κ1) is 15.4. The van der Waals surface area contributed by atoms with Crippen LogP contribution in [0, 0.1) is 5.82 Å². The molecule has 0 heterocycles. The summed E-state index contributed by atoms with van der Waals surface area (Å²) in [6.45, 7) is 2.06. The number of hydrogen-bond acceptors (Lipinski definition) is 3. The van der Waals surface area contributed by atoms with E-state index in [1.807, 2.05) is 6.92 Å². The molecule has 3 N–H and O–H groups in total. The van der Waals surface area contributed by atoms with Crippen LogP contribution in [0.5, 0.6) is 0 Å². The van der Waals surface area contributed by atoms with Crippen molar-refractivity contribution in [1.29, 1.82) is 0 Å². The molecule has 1 aromatic carbocycles. The molecule has 0 amide bonds. The number of benzene rings is 1. The second-order valence-electron chi connectivity index (χ2n) is 3.98. The van der Waals surface area contributed by atoms with Gasteiger partial charge in [0.2, 0.25) is 10.0 Å². The monoisotopic (exact) mass is 294 g/mol. The molecule has 0 bridgehead atoms. The van der Waals surface area contributed by atoms with Gasteiger partial charge in [-0.05, 0) is 24.6 Å². The van der Waals surface area contributed by atoms with Crippen LogP contribution in [0.4, 0.5) is 4.39 Å². The Balaban J connectivity index is 2.83. The zero-order chi connectivity index (χ0) is 13.8. The van der Waals surface area contributed by atoms with Crippen LogP contribution in [0.1, 0.15) is 19.8 Å². The molecule has 0 aliphatic carbocycles. The van der Waals surface area contributed by atoms with Crippen LogP contribution in [0.2, 0.25) is 5.02 Å². The van der Waals surface area contributed by atoms with Gasteiger partial charge in [-0.3, -0.25) is 0 Å². The predicted molar refractivity (Wildman–Crippen MR) is 69.5 cm³/mol. The van der Waals surface area contributed by atoms with Gasteiger partial charge < -0.3 is 5.73 Å². The van der Waals surface area contributed by atoms with Gasteiger partial charge >= 0.3 is 0 Å². The SMILES string of the molecule is CCC[C@@H](N)CNS(=O)(=O)c1cc(F)ccc1Cl. The Morgan fingerprint density at radius 1 is 1.50 bits per heavy atom. The minimum absolute atomic E-state index is 0.0204. The molecule has 1 aromatic rings. The van der Waals surface area contributed by atoms with Crippen LogP contribution >= 0.6 is 11.6 Å². The fourth-order valence-corrected chi connectivity index (χ4v) is 3.05. The lowest BCUT2D eigenvalue weighted by atomic mass is 10.2. The lowest BCUT2D eigenvalue weighted by Gasteiger charge is -2.12. The van der Waals surface area contributed by atoms with Crippen molar-refractivity contribution in [3.8, 4) is 0 Å². The van der Waals surface area contributed by atoms with Crippen LogP contribution in [-0.2, 0) is 10.0 Å². The van der Waals surface area contributed by atoms with Crippen molar-refractivity contribution in [2.45, 2.75) is 30.7 Å². The minimum atomic E-state index is -3.83. The lowest BCUT2D eigenvalue weighted by Crippen LogP contribution is -2.37. The maximum Gasteiger partial charge on any atom is 0.242 e. The van der Waals surface area contributed by atoms with Crippen molar-refractivity contribution in [2.24, 2.45) is 5.73 Å². The summed E-state index contributed by atoms with van der Waals surface area (Å²) >= 11 is 5.74. The summed E-state index contributed by atoms with van der Waals surface area (Å²) in [5.74, 6) is -0.655. The molecule has 0 radical (unpaired) electrons. The highest BCUT2D eigenvalue weighted by Gasteiger charge is 2.19. The molecule has 4 nitrogen and oxygen atoms in total. The predicted octanol–water partition coefficient (Wildman–Crippen LogP) is 1.88. The van der Waals surface area contributed by atoms with Gasteiger partial charge in [0.05, 0.1) is 5.02 Å². The fourth-order valence-electron chi connectivity index (χ4n) is 1.45. The number of halogens is 2. The lowest BCUT2D eigenvalue weighted by molar-refractivity contribution is 0.551. The normalized spacial score (nSPS) is 13.6. The highest BCUT2D eigenvalue weighted by atomic mass is 35.5. The Morgan fingerprint density at radius 3 is 2.78 bits per heavy atom. The summed E-state index contributed by atoms with van der Waals surface area (Å²) < 4.78 is 39.1. The average Bonchev–Trinajstić information content (AvgIpc) is 2.30. The summed E-state index contributed by atoms with van der Waals surface area (Å²) in [7, 11) is -3.83. The average molecular weight is 295 g/mol. The van der Waals surface area contributed by atoms with Gasteiger partial charge in [0.15, 0.2) is 0 Å². The Bertz CT molecular complexity index is 508. The summed E-state index contributed by atoms with van der Waals surface area (Å²) in [5.41, 5.74) is 5.70. The van der Waals surface area contributed by atoms with Crippen molar-refractivity contribution in [1.82, 2.24) is 4.72 Å². The van der Waals surface area contributed by atoms with Crippen LogP contribution in [-0.4, -0.2) is 21.0 Å². The number of rotatable bonds is 6. The second kappa shape index (κ2) is 6.47. The standard InChI is InChI=1S/C11H16ClFN2O2S/c1-2-3-9(14)7-15-18(16,17)11-6-8(13)4-5-10(11)12/h4-6,9,15H,2-3,7,14H2,1H3/t9-/m1/s1. The largest absolute Gasteiger partial charge is 0.327 e. The van der Waals surface area contributed by atoms with E-state index >= 15 is 0 Å². The molecule has 0 fully saturated rings. The van der Waals surface area contributed by atoms with Crippen molar-refractivity contribution in [3.05, 3.63) is 29.0 Å². The van der Waals surface area contributed by atoms with Gasteiger partial charge in [-0.1, -0.05) is 24.9 Å². The maximum atomic E-state index is 13.0. The van der Waals surface area contributed by atoms with Crippen LogP contribution in [0.3, 0.4) is 0 Å². The van der Waals surface area contributed by atoms with Gasteiger partial charge in [-0.2, -0.15) is 0 Å². The van der Waals surface area contributed by atoms with E-state index in [-0.39, 0.29) is 22.5 Å². The minimum Gasteiger partial charge on any atom is -0.327 e. The number of hydrogen-bond donors (Lipinski definition) is 2. The smallest absolute Gasteiger partial charge is 0.242 e.